The van der Waals surface area contributed by atoms with Crippen molar-refractivity contribution in [2.45, 2.75) is 58.0 Å². The normalized spacial score (nSPS) is 15.9. The van der Waals surface area contributed by atoms with Crippen LogP contribution in [0.4, 0.5) is 0 Å². The van der Waals surface area contributed by atoms with Crippen LogP contribution in [0.5, 0.6) is 0 Å². The van der Waals surface area contributed by atoms with Gasteiger partial charge in [0, 0.05) is 32.2 Å². The van der Waals surface area contributed by atoms with Crippen molar-refractivity contribution in [1.29, 1.82) is 0 Å². The zero-order chi connectivity index (χ0) is 24.7. The lowest BCUT2D eigenvalue weighted by Crippen LogP contribution is -2.43. The van der Waals surface area contributed by atoms with Gasteiger partial charge in [0.2, 0.25) is 15.9 Å². The molecule has 2 aromatic rings. The monoisotopic (exact) mass is 489 g/mol. The van der Waals surface area contributed by atoms with Gasteiger partial charge in [-0.05, 0) is 58.6 Å². The number of carbonyl (C=O) groups excluding carboxylic acids is 1. The summed E-state index contributed by atoms with van der Waals surface area (Å²) >= 11 is 0. The maximum atomic E-state index is 13.4. The van der Waals surface area contributed by atoms with Crippen molar-refractivity contribution in [3.8, 4) is 0 Å². The van der Waals surface area contributed by atoms with Crippen LogP contribution in [0.3, 0.4) is 0 Å². The predicted molar refractivity (Wildman–Crippen MR) is 132 cm³/mol. The Labute approximate surface area is 202 Å². The molecule has 2 heterocycles. The van der Waals surface area contributed by atoms with Crippen LogP contribution >= 0.6 is 0 Å². The Morgan fingerprint density at radius 1 is 1.21 bits per heavy atom. The van der Waals surface area contributed by atoms with Gasteiger partial charge in [0.05, 0.1) is 6.10 Å². The van der Waals surface area contributed by atoms with Crippen LogP contribution in [0.2, 0.25) is 0 Å². The Morgan fingerprint density at radius 3 is 2.53 bits per heavy atom. The summed E-state index contributed by atoms with van der Waals surface area (Å²) < 4.78 is 39.0. The van der Waals surface area contributed by atoms with Gasteiger partial charge in [-0.3, -0.25) is 4.79 Å². The van der Waals surface area contributed by atoms with E-state index in [0.717, 1.165) is 17.5 Å². The smallest absolute Gasteiger partial charge is 0.248 e. The quantitative estimate of drug-likeness (QED) is 0.510. The highest BCUT2D eigenvalue weighted by atomic mass is 32.2. The third-order valence-corrected chi connectivity index (χ3v) is 7.89. The Hall–Kier alpha value is -2.49. The summed E-state index contributed by atoms with van der Waals surface area (Å²) in [5.74, 6) is -0.00651. The molecule has 186 valence electrons. The third kappa shape index (κ3) is 6.77. The number of aromatic nitrogens is 1. The number of piperidine rings is 1. The number of benzene rings is 1. The first-order chi connectivity index (χ1) is 16.2. The van der Waals surface area contributed by atoms with Crippen molar-refractivity contribution in [2.24, 2.45) is 5.92 Å². The topological polar surface area (TPSA) is 102 Å². The van der Waals surface area contributed by atoms with Crippen LogP contribution in [0.1, 0.15) is 55.7 Å². The van der Waals surface area contributed by atoms with Crippen molar-refractivity contribution in [3.05, 3.63) is 46.8 Å². The summed E-state index contributed by atoms with van der Waals surface area (Å²) in [6, 6.07) is 7.89. The molecule has 34 heavy (non-hydrogen) atoms. The highest BCUT2D eigenvalue weighted by Gasteiger charge is 2.35. The Bertz CT molecular complexity index is 1080. The van der Waals surface area contributed by atoms with Crippen LogP contribution < -0.4 is 5.32 Å². The van der Waals surface area contributed by atoms with Crippen LogP contribution in [0, 0.1) is 19.8 Å². The third-order valence-electron chi connectivity index (χ3n) is 5.83. The van der Waals surface area contributed by atoms with E-state index >= 15 is 0 Å². The summed E-state index contributed by atoms with van der Waals surface area (Å²) in [6.07, 6.45) is 5.33. The van der Waals surface area contributed by atoms with E-state index in [0.29, 0.717) is 31.7 Å². The molecule has 0 saturated carbocycles. The van der Waals surface area contributed by atoms with E-state index in [4.69, 9.17) is 9.26 Å². The largest absolute Gasteiger partial charge is 0.379 e. The molecule has 1 aliphatic heterocycles. The Kier molecular flexibility index (Phi) is 9.04. The van der Waals surface area contributed by atoms with E-state index in [1.165, 1.54) is 4.31 Å². The van der Waals surface area contributed by atoms with E-state index in [9.17, 15) is 13.2 Å². The summed E-state index contributed by atoms with van der Waals surface area (Å²) in [5, 5.41) is 6.84. The minimum Gasteiger partial charge on any atom is -0.379 e. The minimum absolute atomic E-state index is 0.0236. The molecule has 1 aromatic carbocycles. The summed E-state index contributed by atoms with van der Waals surface area (Å²) in [7, 11) is -3.80. The first-order valence-electron chi connectivity index (χ1n) is 11.8. The lowest BCUT2D eigenvalue weighted by Gasteiger charge is -2.30. The van der Waals surface area contributed by atoms with Crippen LogP contribution in [-0.4, -0.2) is 56.1 Å². The predicted octanol–water partition coefficient (Wildman–Crippen LogP) is 3.79. The maximum Gasteiger partial charge on any atom is 0.248 e. The molecule has 1 aliphatic rings. The van der Waals surface area contributed by atoms with E-state index in [1.54, 1.807) is 19.1 Å². The Morgan fingerprint density at radius 2 is 1.88 bits per heavy atom. The first-order valence-corrected chi connectivity index (χ1v) is 13.2. The standard InChI is InChI=1S/C25H35N3O5S/c1-18(2)32-17-5-14-26-25(29)22-12-15-28(16-13-22)34(30,31)24-20(4)27-33-23(24)11-10-21-8-6-19(3)7-9-21/h6-11,18,22H,5,12-17H2,1-4H3,(H,26,29)/b11-10+. The molecule has 9 heteroatoms. The zero-order valence-corrected chi connectivity index (χ0v) is 21.2. The fraction of sp³-hybridized carbons (Fsp3) is 0.520. The molecule has 1 aromatic heterocycles. The number of ether oxygens (including phenoxy) is 1. The molecule has 0 aliphatic carbocycles. The summed E-state index contributed by atoms with van der Waals surface area (Å²) in [4.78, 5) is 12.6. The van der Waals surface area contributed by atoms with Gasteiger partial charge in [-0.25, -0.2) is 8.42 Å². The maximum absolute atomic E-state index is 13.4. The fourth-order valence-electron chi connectivity index (χ4n) is 3.88. The highest BCUT2D eigenvalue weighted by Crippen LogP contribution is 2.29. The van der Waals surface area contributed by atoms with Gasteiger partial charge < -0.3 is 14.6 Å². The molecule has 1 fully saturated rings. The van der Waals surface area contributed by atoms with Crippen molar-refractivity contribution in [3.63, 3.8) is 0 Å². The first kappa shape index (κ1) is 26.1. The second kappa shape index (κ2) is 11.8. The van der Waals surface area contributed by atoms with Gasteiger partial charge in [0.1, 0.15) is 5.69 Å². The summed E-state index contributed by atoms with van der Waals surface area (Å²) in [6.45, 7) is 9.31. The van der Waals surface area contributed by atoms with E-state index in [-0.39, 0.29) is 41.7 Å². The molecule has 0 spiro atoms. The molecule has 0 radical (unpaired) electrons. The minimum atomic E-state index is -3.80. The fourth-order valence-corrected chi connectivity index (χ4v) is 5.60. The molecule has 8 nitrogen and oxygen atoms in total. The van der Waals surface area contributed by atoms with Gasteiger partial charge in [-0.15, -0.1) is 0 Å². The van der Waals surface area contributed by atoms with E-state index in [2.05, 4.69) is 10.5 Å². The number of sulfonamides is 1. The summed E-state index contributed by atoms with van der Waals surface area (Å²) in [5.41, 5.74) is 2.41. The van der Waals surface area contributed by atoms with Crippen LogP contribution in [0.15, 0.2) is 33.7 Å². The number of hydrogen-bond acceptors (Lipinski definition) is 6. The average Bonchev–Trinajstić information content (AvgIpc) is 3.19. The van der Waals surface area contributed by atoms with Crippen LogP contribution in [-0.2, 0) is 19.6 Å². The molecule has 1 N–H and O–H groups in total. The number of nitrogens with zero attached hydrogens (tertiary/aromatic N) is 2. The average molecular weight is 490 g/mol. The number of nitrogens with one attached hydrogen (secondary N) is 1. The lowest BCUT2D eigenvalue weighted by molar-refractivity contribution is -0.126. The SMILES string of the molecule is Cc1ccc(/C=C/c2onc(C)c2S(=O)(=O)N2CCC(C(=O)NCCCOC(C)C)CC2)cc1. The number of carbonyl (C=O) groups is 1. The second-order valence-electron chi connectivity index (χ2n) is 8.95. The highest BCUT2D eigenvalue weighted by molar-refractivity contribution is 7.89. The van der Waals surface area contributed by atoms with Crippen LogP contribution in [0.25, 0.3) is 12.2 Å². The van der Waals surface area contributed by atoms with Gasteiger partial charge in [0.15, 0.2) is 10.7 Å². The van der Waals surface area contributed by atoms with Crippen molar-refractivity contribution < 1.29 is 22.5 Å². The van der Waals surface area contributed by atoms with E-state index < -0.39 is 10.0 Å². The van der Waals surface area contributed by atoms with Crippen molar-refractivity contribution >= 4 is 28.1 Å². The molecule has 0 atom stereocenters. The van der Waals surface area contributed by atoms with Gasteiger partial charge >= 0.3 is 0 Å². The molecule has 0 bridgehead atoms. The zero-order valence-electron chi connectivity index (χ0n) is 20.4. The second-order valence-corrected chi connectivity index (χ2v) is 10.8. The molecular weight excluding hydrogens is 454 g/mol. The van der Waals surface area contributed by atoms with Gasteiger partial charge in [-0.1, -0.05) is 41.1 Å². The molecule has 0 unspecified atom stereocenters. The number of aryl methyl sites for hydroxylation is 2. The number of rotatable bonds is 10. The van der Waals surface area contributed by atoms with Crippen molar-refractivity contribution in [1.82, 2.24) is 14.8 Å². The van der Waals surface area contributed by atoms with E-state index in [1.807, 2.05) is 45.0 Å². The molecular formula is C25H35N3O5S. The van der Waals surface area contributed by atoms with Gasteiger partial charge in [0.25, 0.3) is 0 Å². The molecule has 1 saturated heterocycles. The Balaban J connectivity index is 1.60. The van der Waals surface area contributed by atoms with Gasteiger partial charge in [-0.2, -0.15) is 4.31 Å². The molecule has 3 rings (SSSR count). The number of amides is 1. The molecule has 1 amide bonds. The van der Waals surface area contributed by atoms with Crippen molar-refractivity contribution in [2.75, 3.05) is 26.2 Å². The number of hydrogen-bond donors (Lipinski definition) is 1. The lowest BCUT2D eigenvalue weighted by atomic mass is 9.97.